The van der Waals surface area contributed by atoms with Gasteiger partial charge in [0.2, 0.25) is 5.78 Å². The van der Waals surface area contributed by atoms with Gasteiger partial charge in [-0.3, -0.25) is 4.79 Å². The molecule has 0 atom stereocenters. The lowest BCUT2D eigenvalue weighted by molar-refractivity contribution is 0.104. The van der Waals surface area contributed by atoms with Crippen LogP contribution < -0.4 is 4.74 Å². The van der Waals surface area contributed by atoms with Crippen molar-refractivity contribution in [1.29, 1.82) is 0 Å². The van der Waals surface area contributed by atoms with E-state index in [4.69, 9.17) is 4.74 Å². The van der Waals surface area contributed by atoms with Gasteiger partial charge in [0, 0.05) is 11.7 Å². The summed E-state index contributed by atoms with van der Waals surface area (Å²) in [6.07, 6.45) is 2.70. The second-order valence-corrected chi connectivity index (χ2v) is 7.13. The van der Waals surface area contributed by atoms with E-state index in [0.717, 1.165) is 26.9 Å². The fourth-order valence-corrected chi connectivity index (χ4v) is 3.57. The van der Waals surface area contributed by atoms with E-state index >= 15 is 0 Å². The van der Waals surface area contributed by atoms with E-state index in [0.29, 0.717) is 17.0 Å². The van der Waals surface area contributed by atoms with Gasteiger partial charge in [-0.25, -0.2) is 0 Å². The summed E-state index contributed by atoms with van der Waals surface area (Å²) in [7, 11) is 0. The van der Waals surface area contributed by atoms with Crippen LogP contribution in [0.5, 0.6) is 5.75 Å². The number of thiophene rings is 1. The lowest BCUT2D eigenvalue weighted by Gasteiger charge is -2.07. The van der Waals surface area contributed by atoms with E-state index in [1.54, 1.807) is 6.20 Å². The molecule has 0 spiro atoms. The van der Waals surface area contributed by atoms with E-state index in [1.807, 2.05) is 30.3 Å². The molecule has 21 heavy (non-hydrogen) atoms. The molecule has 0 fully saturated rings. The molecule has 2 aromatic heterocycles. The zero-order valence-electron chi connectivity index (χ0n) is 11.5. The van der Waals surface area contributed by atoms with Crippen LogP contribution in [-0.2, 0) is 0 Å². The molecule has 0 amide bonds. The van der Waals surface area contributed by atoms with Gasteiger partial charge < -0.3 is 9.72 Å². The van der Waals surface area contributed by atoms with Crippen LogP contribution in [0.2, 0.25) is 0 Å². The largest absolute Gasteiger partial charge is 0.493 e. The van der Waals surface area contributed by atoms with Crippen molar-refractivity contribution in [2.75, 3.05) is 6.61 Å². The molecule has 0 aliphatic carbocycles. The standard InChI is InChI=1S/C16H14BrNO2S/c1-2-8-20-12-5-3-4-11-15(12)10(9-18-11)16(19)13-6-7-14(17)21-13/h3-7,9,18H,2,8H2,1H3. The Morgan fingerprint density at radius 1 is 1.33 bits per heavy atom. The number of ether oxygens (including phenoxy) is 1. The smallest absolute Gasteiger partial charge is 0.205 e. The van der Waals surface area contributed by atoms with Crippen molar-refractivity contribution in [2.45, 2.75) is 13.3 Å². The number of nitrogens with one attached hydrogen (secondary N) is 1. The summed E-state index contributed by atoms with van der Waals surface area (Å²) in [4.78, 5) is 16.5. The topological polar surface area (TPSA) is 42.1 Å². The summed E-state index contributed by atoms with van der Waals surface area (Å²) in [5.41, 5.74) is 1.58. The minimum atomic E-state index is 0.0181. The number of halogens is 1. The number of carbonyl (C=O) groups excluding carboxylic acids is 1. The van der Waals surface area contributed by atoms with Gasteiger partial charge >= 0.3 is 0 Å². The van der Waals surface area contributed by atoms with E-state index in [2.05, 4.69) is 27.8 Å². The molecule has 2 heterocycles. The first-order valence-corrected chi connectivity index (χ1v) is 8.34. The van der Waals surface area contributed by atoms with Crippen LogP contribution in [0.4, 0.5) is 0 Å². The van der Waals surface area contributed by atoms with Gasteiger partial charge in [-0.2, -0.15) is 0 Å². The Labute approximate surface area is 135 Å². The lowest BCUT2D eigenvalue weighted by Crippen LogP contribution is -2.00. The summed E-state index contributed by atoms with van der Waals surface area (Å²) >= 11 is 4.83. The quantitative estimate of drug-likeness (QED) is 0.647. The lowest BCUT2D eigenvalue weighted by atomic mass is 10.1. The fourth-order valence-electron chi connectivity index (χ4n) is 2.23. The monoisotopic (exact) mass is 363 g/mol. The number of rotatable bonds is 5. The summed E-state index contributed by atoms with van der Waals surface area (Å²) in [5.74, 6) is 0.777. The highest BCUT2D eigenvalue weighted by Gasteiger charge is 2.18. The molecule has 0 radical (unpaired) electrons. The normalized spacial score (nSPS) is 11.0. The molecule has 5 heteroatoms. The van der Waals surface area contributed by atoms with Gasteiger partial charge in [0.25, 0.3) is 0 Å². The number of ketones is 1. The van der Waals surface area contributed by atoms with Crippen LogP contribution in [0.3, 0.4) is 0 Å². The molecule has 0 bridgehead atoms. The molecule has 1 aromatic carbocycles. The predicted octanol–water partition coefficient (Wildman–Crippen LogP) is 5.01. The highest BCUT2D eigenvalue weighted by Crippen LogP contribution is 2.32. The van der Waals surface area contributed by atoms with Crippen molar-refractivity contribution >= 4 is 44.0 Å². The zero-order chi connectivity index (χ0) is 14.8. The van der Waals surface area contributed by atoms with E-state index in [1.165, 1.54) is 11.3 Å². The number of benzene rings is 1. The van der Waals surface area contributed by atoms with Crippen LogP contribution in [0.15, 0.2) is 40.3 Å². The Balaban J connectivity index is 2.08. The minimum Gasteiger partial charge on any atom is -0.493 e. The molecule has 0 saturated carbocycles. The molecule has 0 aliphatic heterocycles. The average Bonchev–Trinajstić information content (AvgIpc) is 3.11. The number of hydrogen-bond acceptors (Lipinski definition) is 3. The van der Waals surface area contributed by atoms with E-state index in [-0.39, 0.29) is 5.78 Å². The first-order valence-electron chi connectivity index (χ1n) is 6.73. The number of hydrogen-bond donors (Lipinski definition) is 1. The van der Waals surface area contributed by atoms with Crippen molar-refractivity contribution in [3.05, 3.63) is 50.8 Å². The van der Waals surface area contributed by atoms with E-state index in [9.17, 15) is 4.79 Å². The number of H-pyrrole nitrogens is 1. The van der Waals surface area contributed by atoms with E-state index < -0.39 is 0 Å². The third kappa shape index (κ3) is 2.76. The molecule has 108 valence electrons. The van der Waals surface area contributed by atoms with Crippen LogP contribution >= 0.6 is 27.3 Å². The summed E-state index contributed by atoms with van der Waals surface area (Å²) in [6.45, 7) is 2.70. The van der Waals surface area contributed by atoms with Crippen molar-refractivity contribution in [1.82, 2.24) is 4.98 Å². The first-order chi connectivity index (χ1) is 10.2. The summed E-state index contributed by atoms with van der Waals surface area (Å²) in [6, 6.07) is 9.52. The molecular formula is C16H14BrNO2S. The number of aromatic amines is 1. The third-order valence-electron chi connectivity index (χ3n) is 3.17. The Morgan fingerprint density at radius 3 is 2.90 bits per heavy atom. The maximum absolute atomic E-state index is 12.7. The molecule has 0 saturated heterocycles. The predicted molar refractivity (Wildman–Crippen MR) is 89.5 cm³/mol. The SMILES string of the molecule is CCCOc1cccc2[nH]cc(C(=O)c3ccc(Br)s3)c12. The molecular weight excluding hydrogens is 350 g/mol. The number of aromatic nitrogens is 1. The average molecular weight is 364 g/mol. The Bertz CT molecular complexity index is 791. The Kier molecular flexibility index (Phi) is 4.12. The summed E-state index contributed by atoms with van der Waals surface area (Å²) < 4.78 is 6.73. The zero-order valence-corrected chi connectivity index (χ0v) is 13.9. The highest BCUT2D eigenvalue weighted by molar-refractivity contribution is 9.11. The van der Waals surface area contributed by atoms with Crippen molar-refractivity contribution in [3.8, 4) is 5.75 Å². The molecule has 1 N–H and O–H groups in total. The Morgan fingerprint density at radius 2 is 2.19 bits per heavy atom. The molecule has 3 rings (SSSR count). The van der Waals surface area contributed by atoms with Gasteiger partial charge in [0.15, 0.2) is 0 Å². The molecule has 0 aliphatic rings. The second-order valence-electron chi connectivity index (χ2n) is 4.66. The minimum absolute atomic E-state index is 0.0181. The highest BCUT2D eigenvalue weighted by atomic mass is 79.9. The second kappa shape index (κ2) is 6.03. The van der Waals surface area contributed by atoms with Gasteiger partial charge in [-0.1, -0.05) is 13.0 Å². The third-order valence-corrected chi connectivity index (χ3v) is 4.79. The summed E-state index contributed by atoms with van der Waals surface area (Å²) in [5, 5.41) is 0.862. The number of fused-ring (bicyclic) bond motifs is 1. The number of carbonyl (C=O) groups is 1. The first kappa shape index (κ1) is 14.4. The van der Waals surface area contributed by atoms with Gasteiger partial charge in [0.1, 0.15) is 5.75 Å². The maximum Gasteiger partial charge on any atom is 0.205 e. The molecule has 3 nitrogen and oxygen atoms in total. The van der Waals surface area contributed by atoms with Gasteiger partial charge in [0.05, 0.1) is 26.2 Å². The van der Waals surface area contributed by atoms with Crippen molar-refractivity contribution in [2.24, 2.45) is 0 Å². The van der Waals surface area contributed by atoms with Crippen molar-refractivity contribution in [3.63, 3.8) is 0 Å². The fraction of sp³-hybridized carbons (Fsp3) is 0.188. The Hall–Kier alpha value is -1.59. The van der Waals surface area contributed by atoms with Crippen LogP contribution in [0.1, 0.15) is 28.6 Å². The van der Waals surface area contributed by atoms with Crippen LogP contribution in [0.25, 0.3) is 10.9 Å². The maximum atomic E-state index is 12.7. The molecule has 0 unspecified atom stereocenters. The van der Waals surface area contributed by atoms with Crippen LogP contribution in [0, 0.1) is 0 Å². The molecule has 3 aromatic rings. The van der Waals surface area contributed by atoms with Crippen molar-refractivity contribution < 1.29 is 9.53 Å². The van der Waals surface area contributed by atoms with Crippen LogP contribution in [-0.4, -0.2) is 17.4 Å². The van der Waals surface area contributed by atoms with Gasteiger partial charge in [-0.15, -0.1) is 11.3 Å². The van der Waals surface area contributed by atoms with Gasteiger partial charge in [-0.05, 0) is 46.6 Å².